The summed E-state index contributed by atoms with van der Waals surface area (Å²) >= 11 is 2.24. The Bertz CT molecular complexity index is 609. The van der Waals surface area contributed by atoms with Crippen LogP contribution in [0.25, 0.3) is 0 Å². The smallest absolute Gasteiger partial charge is 0.155 e. The summed E-state index contributed by atoms with van der Waals surface area (Å²) in [7, 11) is 0. The first-order valence-corrected chi connectivity index (χ1v) is 10.9. The minimum absolute atomic E-state index is 0.0236. The molecule has 1 N–H and O–H groups in total. The first-order chi connectivity index (χ1) is 11.4. The fourth-order valence-corrected chi connectivity index (χ4v) is 7.61. The van der Waals surface area contributed by atoms with Crippen molar-refractivity contribution in [1.29, 1.82) is 0 Å². The molecule has 4 aliphatic carbocycles. The summed E-state index contributed by atoms with van der Waals surface area (Å²) in [4.78, 5) is 11.9. The second kappa shape index (κ2) is 5.94. The summed E-state index contributed by atoms with van der Waals surface area (Å²) in [5.74, 6) is 3.70. The van der Waals surface area contributed by atoms with Gasteiger partial charge in [0, 0.05) is 11.8 Å². The molecule has 3 heteroatoms. The van der Waals surface area contributed by atoms with Crippen LogP contribution >= 0.6 is 22.6 Å². The predicted octanol–water partition coefficient (Wildman–Crippen LogP) is 5.05. The summed E-state index contributed by atoms with van der Waals surface area (Å²) in [5, 5.41) is 11.3. The monoisotopic (exact) mass is 438 g/mol. The highest BCUT2D eigenvalue weighted by Gasteiger charge is 2.62. The lowest BCUT2D eigenvalue weighted by molar-refractivity contribution is -0.118. The Morgan fingerprint density at radius 3 is 2.83 bits per heavy atom. The molecular weight excluding hydrogens is 409 g/mol. The zero-order chi connectivity index (χ0) is 17.1. The van der Waals surface area contributed by atoms with E-state index < -0.39 is 5.60 Å². The highest BCUT2D eigenvalue weighted by molar-refractivity contribution is 14.1. The van der Waals surface area contributed by atoms with Crippen LogP contribution in [0.1, 0.15) is 58.8 Å². The van der Waals surface area contributed by atoms with Crippen molar-refractivity contribution in [1.82, 2.24) is 0 Å². The Balaban J connectivity index is 1.68. The average molecular weight is 438 g/mol. The van der Waals surface area contributed by atoms with E-state index in [1.54, 1.807) is 0 Å². The van der Waals surface area contributed by atoms with Crippen LogP contribution in [-0.2, 0) is 4.79 Å². The molecule has 0 radical (unpaired) electrons. The number of carbonyl (C=O) groups is 1. The van der Waals surface area contributed by atoms with Crippen molar-refractivity contribution < 1.29 is 9.90 Å². The molecule has 0 aliphatic heterocycles. The standard InChI is InChI=1S/C21H29IO2/c1-13-11-14-12-15(23)3-4-16(14)17-5-7-20(2)18(19(13)17)6-8-21(20,24)9-10-22/h9-10,12-13,16-19,24H,3-8,11H2,1-2H3/b10-9+/t13-,16+,17-,18+,19-,20+,21-/m1/s1/i22-2. The number of rotatable bonds is 1. The van der Waals surface area contributed by atoms with Crippen LogP contribution < -0.4 is 0 Å². The van der Waals surface area contributed by atoms with Gasteiger partial charge >= 0.3 is 0 Å². The minimum Gasteiger partial charge on any atom is -0.385 e. The van der Waals surface area contributed by atoms with Crippen LogP contribution in [0.15, 0.2) is 21.8 Å². The van der Waals surface area contributed by atoms with Crippen LogP contribution in [0.2, 0.25) is 0 Å². The lowest BCUT2D eigenvalue weighted by Gasteiger charge is -2.57. The van der Waals surface area contributed by atoms with Gasteiger partial charge in [0.25, 0.3) is 0 Å². The van der Waals surface area contributed by atoms with Gasteiger partial charge in [0.2, 0.25) is 0 Å². The molecule has 132 valence electrons. The summed E-state index contributed by atoms with van der Waals surface area (Å²) in [5.41, 5.74) is 0.849. The van der Waals surface area contributed by atoms with Crippen molar-refractivity contribution in [2.45, 2.75) is 64.4 Å². The number of halogens is 1. The molecule has 2 nitrogen and oxygen atoms in total. The first-order valence-electron chi connectivity index (χ1n) is 9.63. The number of aliphatic hydroxyl groups is 1. The summed E-state index contributed by atoms with van der Waals surface area (Å²) in [6, 6.07) is 0. The first kappa shape index (κ1) is 17.3. The van der Waals surface area contributed by atoms with E-state index in [4.69, 9.17) is 0 Å². The second-order valence-electron chi connectivity index (χ2n) is 9.07. The Hall–Kier alpha value is -0.160. The molecule has 0 spiro atoms. The van der Waals surface area contributed by atoms with Gasteiger partial charge in [-0.3, -0.25) is 4.79 Å². The number of hydrogen-bond acceptors (Lipinski definition) is 2. The molecule has 0 bridgehead atoms. The van der Waals surface area contributed by atoms with Crippen molar-refractivity contribution in [3.63, 3.8) is 0 Å². The molecule has 0 heterocycles. The molecule has 4 rings (SSSR count). The van der Waals surface area contributed by atoms with Crippen molar-refractivity contribution in [2.24, 2.45) is 35.0 Å². The van der Waals surface area contributed by atoms with Crippen molar-refractivity contribution >= 4 is 28.4 Å². The van der Waals surface area contributed by atoms with E-state index in [1.165, 1.54) is 12.0 Å². The van der Waals surface area contributed by atoms with Crippen LogP contribution in [0.4, 0.5) is 0 Å². The molecule has 3 saturated carbocycles. The topological polar surface area (TPSA) is 37.3 Å². The van der Waals surface area contributed by atoms with E-state index in [-0.39, 0.29) is 5.41 Å². The maximum atomic E-state index is 11.9. The van der Waals surface area contributed by atoms with Gasteiger partial charge in [0.1, 0.15) is 0 Å². The highest BCUT2D eigenvalue weighted by Crippen LogP contribution is 2.66. The van der Waals surface area contributed by atoms with Crippen molar-refractivity contribution in [3.8, 4) is 0 Å². The Morgan fingerprint density at radius 1 is 1.29 bits per heavy atom. The molecule has 0 unspecified atom stereocenters. The van der Waals surface area contributed by atoms with Crippen LogP contribution in [0.5, 0.6) is 0 Å². The molecule has 3 fully saturated rings. The van der Waals surface area contributed by atoms with Gasteiger partial charge in [-0.05, 0) is 84.3 Å². The van der Waals surface area contributed by atoms with Gasteiger partial charge < -0.3 is 5.11 Å². The molecule has 7 atom stereocenters. The zero-order valence-corrected chi connectivity index (χ0v) is 17.0. The van der Waals surface area contributed by atoms with Gasteiger partial charge in [-0.2, -0.15) is 0 Å². The van der Waals surface area contributed by atoms with E-state index in [1.807, 2.05) is 10.2 Å². The van der Waals surface area contributed by atoms with Gasteiger partial charge in [-0.15, -0.1) is 0 Å². The predicted molar refractivity (Wildman–Crippen MR) is 105 cm³/mol. The van der Waals surface area contributed by atoms with Gasteiger partial charge in [-0.1, -0.05) is 42.0 Å². The second-order valence-corrected chi connectivity index (χ2v) is 9.79. The van der Waals surface area contributed by atoms with E-state index in [0.717, 1.165) is 50.4 Å². The SMILES string of the molecule is C[C@@H]1CC2=CC(=O)CC[C@@H]2[C@H]2CC[C@@]3(C)[C@@H](CC[C@@]3(O)/C=C/[125I])[C@@H]21. The molecule has 0 saturated heterocycles. The summed E-state index contributed by atoms with van der Waals surface area (Å²) in [6.45, 7) is 4.74. The molecule has 0 aromatic rings. The quantitative estimate of drug-likeness (QED) is 0.582. The normalized spacial score (nSPS) is 51.1. The van der Waals surface area contributed by atoms with Crippen LogP contribution in [0.3, 0.4) is 0 Å². The summed E-state index contributed by atoms with van der Waals surface area (Å²) in [6.07, 6.45) is 11.4. The molecular formula is C21H29IO2. The zero-order valence-electron chi connectivity index (χ0n) is 14.8. The lowest BCUT2D eigenvalue weighted by Crippen LogP contribution is -2.53. The maximum Gasteiger partial charge on any atom is 0.155 e. The average Bonchev–Trinajstić information content (AvgIpc) is 2.79. The van der Waals surface area contributed by atoms with E-state index in [9.17, 15) is 9.90 Å². The third-order valence-electron chi connectivity index (χ3n) is 8.19. The highest BCUT2D eigenvalue weighted by atomic mass is 125. The molecule has 0 amide bonds. The molecule has 24 heavy (non-hydrogen) atoms. The summed E-state index contributed by atoms with van der Waals surface area (Å²) < 4.78 is 2.01. The number of hydrogen-bond donors (Lipinski definition) is 1. The van der Waals surface area contributed by atoms with E-state index >= 15 is 0 Å². The van der Waals surface area contributed by atoms with Crippen molar-refractivity contribution in [2.75, 3.05) is 0 Å². The molecule has 4 aliphatic rings. The Kier molecular flexibility index (Phi) is 4.27. The Morgan fingerprint density at radius 2 is 2.08 bits per heavy atom. The fourth-order valence-electron chi connectivity index (χ4n) is 7.02. The largest absolute Gasteiger partial charge is 0.385 e. The van der Waals surface area contributed by atoms with Gasteiger partial charge in [0.05, 0.1) is 5.60 Å². The third-order valence-corrected chi connectivity index (χ3v) is 8.55. The third kappa shape index (κ3) is 2.33. The van der Waals surface area contributed by atoms with Gasteiger partial charge in [-0.25, -0.2) is 0 Å². The number of carbonyl (C=O) groups excluding carboxylic acids is 1. The number of fused-ring (bicyclic) bond motifs is 5. The molecule has 0 aromatic carbocycles. The fraction of sp³-hybridized carbons (Fsp3) is 0.762. The van der Waals surface area contributed by atoms with E-state index in [0.29, 0.717) is 23.5 Å². The maximum absolute atomic E-state index is 11.9. The van der Waals surface area contributed by atoms with Gasteiger partial charge in [0.15, 0.2) is 5.78 Å². The molecule has 0 aromatic heterocycles. The number of ketones is 1. The van der Waals surface area contributed by atoms with Crippen LogP contribution in [0, 0.1) is 35.0 Å². The number of allylic oxidation sites excluding steroid dienone is 1. The van der Waals surface area contributed by atoms with E-state index in [2.05, 4.69) is 42.5 Å². The minimum atomic E-state index is -0.623. The van der Waals surface area contributed by atoms with Crippen molar-refractivity contribution in [3.05, 3.63) is 21.8 Å². The Labute approximate surface area is 159 Å². The van der Waals surface area contributed by atoms with Crippen LogP contribution in [-0.4, -0.2) is 16.5 Å². The lowest BCUT2D eigenvalue weighted by atomic mass is 9.48.